The Hall–Kier alpha value is -0.550. The van der Waals surface area contributed by atoms with Crippen molar-refractivity contribution in [2.75, 3.05) is 5.73 Å². The minimum Gasteiger partial charge on any atom is -0.396 e. The Labute approximate surface area is 98.0 Å². The summed E-state index contributed by atoms with van der Waals surface area (Å²) < 4.78 is 46.5. The number of nitrogens with zero attached hydrogens (tertiary/aromatic N) is 1. The minimum absolute atomic E-state index is 0.0413. The van der Waals surface area contributed by atoms with E-state index in [2.05, 4.69) is 4.98 Å². The number of sulfonamides is 1. The molecule has 0 unspecified atom stereocenters. The summed E-state index contributed by atoms with van der Waals surface area (Å²) in [5, 5.41) is 4.84. The molecule has 0 spiro atoms. The van der Waals surface area contributed by atoms with Crippen LogP contribution in [0.4, 0.5) is 14.5 Å². The first-order chi connectivity index (χ1) is 6.75. The number of hydrogen-bond acceptors (Lipinski definition) is 4. The third kappa shape index (κ3) is 2.52. The first-order valence-electron chi connectivity index (χ1n) is 3.50. The van der Waals surface area contributed by atoms with E-state index in [1.54, 1.807) is 0 Å². The smallest absolute Gasteiger partial charge is 0.282 e. The van der Waals surface area contributed by atoms with Gasteiger partial charge in [0.15, 0.2) is 0 Å². The second kappa shape index (κ2) is 4.14. The summed E-state index contributed by atoms with van der Waals surface area (Å²) in [5.74, 6) is 0. The van der Waals surface area contributed by atoms with E-state index in [1.165, 1.54) is 22.6 Å². The highest BCUT2D eigenvalue weighted by Gasteiger charge is 2.21. The van der Waals surface area contributed by atoms with Gasteiger partial charge in [-0.15, -0.1) is 0 Å². The van der Waals surface area contributed by atoms with Crippen molar-refractivity contribution in [3.63, 3.8) is 0 Å². The van der Waals surface area contributed by atoms with Crippen LogP contribution in [-0.4, -0.2) is 13.4 Å². The Bertz CT molecular complexity index is 491. The number of hydrogen-bond donors (Lipinski definition) is 2. The van der Waals surface area contributed by atoms with Gasteiger partial charge in [-0.2, -0.15) is 0 Å². The highest BCUT2D eigenvalue weighted by atomic mass is 127. The number of nitrogen functional groups attached to an aromatic ring is 1. The largest absolute Gasteiger partial charge is 0.396 e. The fourth-order valence-electron chi connectivity index (χ4n) is 0.872. The first-order valence-corrected chi connectivity index (χ1v) is 6.12. The van der Waals surface area contributed by atoms with Crippen LogP contribution in [0.25, 0.3) is 0 Å². The predicted octanol–water partition coefficient (Wildman–Crippen LogP) is 0.853. The molecule has 9 heteroatoms. The molecule has 4 N–H and O–H groups in total. The third-order valence-corrected chi connectivity index (χ3v) is 4.01. The molecule has 0 aliphatic carbocycles. The van der Waals surface area contributed by atoms with Crippen LogP contribution in [0.3, 0.4) is 0 Å². The molecule has 0 fully saturated rings. The van der Waals surface area contributed by atoms with Gasteiger partial charge in [0.2, 0.25) is 10.0 Å². The van der Waals surface area contributed by atoms with E-state index in [9.17, 15) is 17.2 Å². The second-order valence-electron chi connectivity index (χ2n) is 2.58. The van der Waals surface area contributed by atoms with Gasteiger partial charge < -0.3 is 5.73 Å². The average molecular weight is 349 g/mol. The molecule has 15 heavy (non-hydrogen) atoms. The lowest BCUT2D eigenvalue weighted by Crippen LogP contribution is -2.16. The van der Waals surface area contributed by atoms with Crippen molar-refractivity contribution in [1.82, 2.24) is 4.98 Å². The zero-order valence-electron chi connectivity index (χ0n) is 7.12. The molecular formula is C6H6F2IN3O2S. The Morgan fingerprint density at radius 3 is 2.40 bits per heavy atom. The zero-order chi connectivity index (χ0) is 11.8. The Morgan fingerprint density at radius 1 is 1.47 bits per heavy atom. The predicted molar refractivity (Wildman–Crippen MR) is 57.7 cm³/mol. The second-order valence-corrected chi connectivity index (χ2v) is 5.19. The first kappa shape index (κ1) is 12.5. The van der Waals surface area contributed by atoms with Gasteiger partial charge in [0.1, 0.15) is 10.6 Å². The van der Waals surface area contributed by atoms with E-state index in [-0.39, 0.29) is 14.2 Å². The maximum Gasteiger partial charge on any atom is 0.282 e. The van der Waals surface area contributed by atoms with E-state index >= 15 is 0 Å². The minimum atomic E-state index is -3.99. The van der Waals surface area contributed by atoms with Gasteiger partial charge in [-0.25, -0.2) is 22.3 Å². The number of alkyl halides is 2. The summed E-state index contributed by atoms with van der Waals surface area (Å²) in [6.07, 6.45) is -2.08. The van der Waals surface area contributed by atoms with E-state index < -0.39 is 22.1 Å². The van der Waals surface area contributed by atoms with Crippen molar-refractivity contribution in [3.8, 4) is 0 Å². The number of aromatic nitrogens is 1. The molecule has 0 saturated heterocycles. The van der Waals surface area contributed by atoms with Crippen LogP contribution in [0.1, 0.15) is 12.1 Å². The molecular weight excluding hydrogens is 343 g/mol. The Kier molecular flexibility index (Phi) is 3.45. The third-order valence-electron chi connectivity index (χ3n) is 1.56. The summed E-state index contributed by atoms with van der Waals surface area (Å²) in [4.78, 5) is 2.91. The molecule has 0 saturated carbocycles. The van der Waals surface area contributed by atoms with Crippen molar-refractivity contribution in [1.29, 1.82) is 0 Å². The van der Waals surface area contributed by atoms with Gasteiger partial charge in [0.25, 0.3) is 6.43 Å². The van der Waals surface area contributed by atoms with E-state index in [0.717, 1.165) is 6.20 Å². The topological polar surface area (TPSA) is 99.1 Å². The fraction of sp³-hybridized carbons (Fsp3) is 0.167. The van der Waals surface area contributed by atoms with Crippen molar-refractivity contribution >= 4 is 38.3 Å². The van der Waals surface area contributed by atoms with Crippen LogP contribution in [0.5, 0.6) is 0 Å². The van der Waals surface area contributed by atoms with Gasteiger partial charge in [-0.1, -0.05) is 0 Å². The number of halogens is 3. The normalized spacial score (nSPS) is 12.1. The number of nitrogens with two attached hydrogens (primary N) is 2. The molecule has 0 aliphatic heterocycles. The van der Waals surface area contributed by atoms with Crippen molar-refractivity contribution in [2.24, 2.45) is 5.14 Å². The van der Waals surface area contributed by atoms with Crippen LogP contribution in [0.2, 0.25) is 0 Å². The molecule has 1 aromatic heterocycles. The lowest BCUT2D eigenvalue weighted by Gasteiger charge is -2.08. The van der Waals surface area contributed by atoms with Crippen LogP contribution in [-0.2, 0) is 10.0 Å². The van der Waals surface area contributed by atoms with Crippen molar-refractivity contribution < 1.29 is 17.2 Å². The highest BCUT2D eigenvalue weighted by Crippen LogP contribution is 2.30. The van der Waals surface area contributed by atoms with Crippen molar-refractivity contribution in [2.45, 2.75) is 11.3 Å². The lowest BCUT2D eigenvalue weighted by atomic mass is 10.3. The molecule has 0 radical (unpaired) electrons. The monoisotopic (exact) mass is 349 g/mol. The van der Waals surface area contributed by atoms with E-state index in [1.807, 2.05) is 0 Å². The summed E-state index contributed by atoms with van der Waals surface area (Å²) in [6, 6.07) is 0. The maximum absolute atomic E-state index is 12.3. The van der Waals surface area contributed by atoms with Crippen LogP contribution in [0.15, 0.2) is 11.1 Å². The zero-order valence-corrected chi connectivity index (χ0v) is 10.1. The van der Waals surface area contributed by atoms with Gasteiger partial charge in [-0.3, -0.25) is 4.98 Å². The molecule has 5 nitrogen and oxygen atoms in total. The van der Waals surface area contributed by atoms with Gasteiger partial charge >= 0.3 is 0 Å². The standard InChI is InChI=1S/C6H6F2IN3O2S/c7-6(8)5-4(10)3(9)2(1-12-5)15(11,13)14/h1,6H,10H2,(H2,11,13,14). The van der Waals surface area contributed by atoms with E-state index in [0.29, 0.717) is 0 Å². The number of pyridine rings is 1. The fourth-order valence-corrected chi connectivity index (χ4v) is 2.77. The molecule has 0 aromatic carbocycles. The maximum atomic E-state index is 12.3. The van der Waals surface area contributed by atoms with Crippen LogP contribution < -0.4 is 10.9 Å². The molecule has 84 valence electrons. The quantitative estimate of drug-likeness (QED) is 0.774. The Balaban J connectivity index is 3.48. The van der Waals surface area contributed by atoms with Gasteiger partial charge in [0.05, 0.1) is 9.26 Å². The molecule has 1 heterocycles. The number of rotatable bonds is 2. The lowest BCUT2D eigenvalue weighted by molar-refractivity contribution is 0.147. The summed E-state index contributed by atoms with van der Waals surface area (Å²) in [5.41, 5.74) is 4.30. The number of anilines is 1. The van der Waals surface area contributed by atoms with Gasteiger partial charge in [0, 0.05) is 6.20 Å². The van der Waals surface area contributed by atoms with Gasteiger partial charge in [-0.05, 0) is 22.6 Å². The van der Waals surface area contributed by atoms with Crippen molar-refractivity contribution in [3.05, 3.63) is 15.5 Å². The summed E-state index contributed by atoms with van der Waals surface area (Å²) in [6.45, 7) is 0. The summed E-state index contributed by atoms with van der Waals surface area (Å²) >= 11 is 1.53. The SMILES string of the molecule is Nc1c(C(F)F)ncc(S(N)(=O)=O)c1I. The average Bonchev–Trinajstić information content (AvgIpc) is 2.06. The van der Waals surface area contributed by atoms with Crippen LogP contribution >= 0.6 is 22.6 Å². The molecule has 1 aromatic rings. The number of primary sulfonamides is 1. The molecule has 0 aliphatic rings. The van der Waals surface area contributed by atoms with Crippen LogP contribution in [0, 0.1) is 3.57 Å². The molecule has 0 amide bonds. The summed E-state index contributed by atoms with van der Waals surface area (Å²) in [7, 11) is -3.99. The molecule has 0 bridgehead atoms. The van der Waals surface area contributed by atoms with E-state index in [4.69, 9.17) is 10.9 Å². The molecule has 1 rings (SSSR count). The Morgan fingerprint density at radius 2 is 2.00 bits per heavy atom. The highest BCUT2D eigenvalue weighted by molar-refractivity contribution is 14.1. The molecule has 0 atom stereocenters.